The predicted molar refractivity (Wildman–Crippen MR) is 237 cm³/mol. The highest BCUT2D eigenvalue weighted by Gasteiger charge is 2.37. The molecular formula is C54H41N. The van der Waals surface area contributed by atoms with E-state index in [0.29, 0.717) is 0 Å². The minimum absolute atomic E-state index is 0.0232. The Morgan fingerprint density at radius 1 is 0.418 bits per heavy atom. The Morgan fingerprint density at radius 2 is 0.927 bits per heavy atom. The SMILES string of the molecule is C1=Cc2ccccc2N(c2c3ccccc3cc3ccccc23)c2ccccc21.Cc1ccc(-c2cc3c(c4ccccc24)-c2ccccc2C3(C)C)cc1. The van der Waals surface area contributed by atoms with Crippen LogP contribution in [0, 0.1) is 6.92 Å². The molecular weight excluding hydrogens is 663 g/mol. The van der Waals surface area contributed by atoms with Crippen LogP contribution in [0.15, 0.2) is 182 Å². The highest BCUT2D eigenvalue weighted by molar-refractivity contribution is 6.15. The van der Waals surface area contributed by atoms with Crippen LogP contribution in [0.2, 0.25) is 0 Å². The Hall–Kier alpha value is -6.70. The summed E-state index contributed by atoms with van der Waals surface area (Å²) in [4.78, 5) is 2.44. The van der Waals surface area contributed by atoms with Gasteiger partial charge in [0.2, 0.25) is 0 Å². The van der Waals surface area contributed by atoms with Gasteiger partial charge in [-0.15, -0.1) is 0 Å². The van der Waals surface area contributed by atoms with Gasteiger partial charge in [-0.25, -0.2) is 0 Å². The summed E-state index contributed by atoms with van der Waals surface area (Å²) in [5, 5.41) is 7.73. The quantitative estimate of drug-likeness (QED) is 0.162. The zero-order valence-electron chi connectivity index (χ0n) is 31.4. The van der Waals surface area contributed by atoms with Crippen LogP contribution >= 0.6 is 0 Å². The Kier molecular flexibility index (Phi) is 7.78. The Balaban J connectivity index is 0.000000136. The van der Waals surface area contributed by atoms with E-state index in [2.05, 4.69) is 220 Å². The van der Waals surface area contributed by atoms with Gasteiger partial charge < -0.3 is 4.90 Å². The smallest absolute Gasteiger partial charge is 0.0618 e. The molecule has 1 aliphatic heterocycles. The lowest BCUT2D eigenvalue weighted by molar-refractivity contribution is 0.661. The third-order valence-electron chi connectivity index (χ3n) is 11.7. The summed E-state index contributed by atoms with van der Waals surface area (Å²) in [5.41, 5.74) is 15.7. The van der Waals surface area contributed by atoms with Crippen molar-refractivity contribution in [2.75, 3.05) is 4.90 Å². The van der Waals surface area contributed by atoms with Crippen molar-refractivity contribution in [1.82, 2.24) is 0 Å². The number of nitrogens with zero attached hydrogens (tertiary/aromatic N) is 1. The molecule has 11 rings (SSSR count). The first kappa shape index (κ1) is 32.9. The molecule has 9 aromatic rings. The molecule has 55 heavy (non-hydrogen) atoms. The van der Waals surface area contributed by atoms with Crippen LogP contribution in [0.1, 0.15) is 41.7 Å². The molecule has 1 nitrogen and oxygen atoms in total. The first-order valence-corrected chi connectivity index (χ1v) is 19.3. The molecule has 1 aliphatic carbocycles. The fraction of sp³-hybridized carbons (Fsp3) is 0.0741. The molecule has 9 aromatic carbocycles. The van der Waals surface area contributed by atoms with E-state index >= 15 is 0 Å². The third-order valence-corrected chi connectivity index (χ3v) is 11.7. The number of rotatable bonds is 2. The minimum atomic E-state index is 0.0232. The van der Waals surface area contributed by atoms with Gasteiger partial charge >= 0.3 is 0 Å². The van der Waals surface area contributed by atoms with Crippen LogP contribution in [0.25, 0.3) is 66.7 Å². The van der Waals surface area contributed by atoms with Gasteiger partial charge in [0.15, 0.2) is 0 Å². The van der Waals surface area contributed by atoms with Crippen LogP contribution in [0.5, 0.6) is 0 Å². The summed E-state index contributed by atoms with van der Waals surface area (Å²) in [7, 11) is 0. The van der Waals surface area contributed by atoms with Crippen LogP contribution in [-0.2, 0) is 5.41 Å². The Labute approximate surface area is 323 Å². The molecule has 0 atom stereocenters. The van der Waals surface area contributed by atoms with E-state index in [4.69, 9.17) is 0 Å². The van der Waals surface area contributed by atoms with Crippen LogP contribution in [0.4, 0.5) is 17.1 Å². The number of fused-ring (bicyclic) bond motifs is 9. The number of benzene rings is 9. The van der Waals surface area contributed by atoms with E-state index in [1.807, 2.05) is 0 Å². The first-order chi connectivity index (χ1) is 27.0. The maximum Gasteiger partial charge on any atom is 0.0618 e. The third kappa shape index (κ3) is 5.38. The van der Waals surface area contributed by atoms with Crippen LogP contribution < -0.4 is 4.90 Å². The van der Waals surface area contributed by atoms with Crippen molar-refractivity contribution in [3.8, 4) is 22.3 Å². The van der Waals surface area contributed by atoms with Crippen LogP contribution in [-0.4, -0.2) is 0 Å². The molecule has 0 unspecified atom stereocenters. The first-order valence-electron chi connectivity index (χ1n) is 19.3. The number of aryl methyl sites for hydroxylation is 1. The second kappa shape index (κ2) is 13.0. The zero-order chi connectivity index (χ0) is 37.1. The van der Waals surface area contributed by atoms with E-state index in [9.17, 15) is 0 Å². The molecule has 1 heteroatoms. The van der Waals surface area contributed by atoms with Crippen molar-refractivity contribution in [2.45, 2.75) is 26.2 Å². The molecule has 262 valence electrons. The number of hydrogen-bond donors (Lipinski definition) is 0. The molecule has 0 N–H and O–H groups in total. The fourth-order valence-electron chi connectivity index (χ4n) is 8.97. The van der Waals surface area contributed by atoms with Crippen LogP contribution in [0.3, 0.4) is 0 Å². The van der Waals surface area contributed by atoms with Crippen molar-refractivity contribution in [1.29, 1.82) is 0 Å². The lowest BCUT2D eigenvalue weighted by atomic mass is 9.80. The molecule has 2 aliphatic rings. The molecule has 0 spiro atoms. The molecule has 1 heterocycles. The monoisotopic (exact) mass is 703 g/mol. The topological polar surface area (TPSA) is 3.24 Å². The summed E-state index contributed by atoms with van der Waals surface area (Å²) in [6.07, 6.45) is 4.45. The predicted octanol–water partition coefficient (Wildman–Crippen LogP) is 15.1. The van der Waals surface area contributed by atoms with Gasteiger partial charge in [-0.3, -0.25) is 0 Å². The lowest BCUT2D eigenvalue weighted by Crippen LogP contribution is -2.15. The minimum Gasteiger partial charge on any atom is -0.308 e. The molecule has 0 fully saturated rings. The molecule has 0 bridgehead atoms. The number of hydrogen-bond acceptors (Lipinski definition) is 1. The van der Waals surface area contributed by atoms with Crippen molar-refractivity contribution in [2.24, 2.45) is 0 Å². The Bertz CT molecular complexity index is 2860. The van der Waals surface area contributed by atoms with Gasteiger partial charge in [0.1, 0.15) is 0 Å². The maximum absolute atomic E-state index is 2.44. The van der Waals surface area contributed by atoms with Gasteiger partial charge in [0, 0.05) is 16.2 Å². The van der Waals surface area contributed by atoms with Crippen molar-refractivity contribution >= 4 is 61.5 Å². The van der Waals surface area contributed by atoms with Crippen molar-refractivity contribution in [3.05, 3.63) is 210 Å². The average molecular weight is 704 g/mol. The summed E-state index contributed by atoms with van der Waals surface area (Å²) in [5.74, 6) is 0. The van der Waals surface area contributed by atoms with Gasteiger partial charge in [-0.1, -0.05) is 189 Å². The summed E-state index contributed by atoms with van der Waals surface area (Å²) >= 11 is 0. The molecule has 0 saturated heterocycles. The highest BCUT2D eigenvalue weighted by Crippen LogP contribution is 2.53. The summed E-state index contributed by atoms with van der Waals surface area (Å²) in [6.45, 7) is 6.85. The lowest BCUT2D eigenvalue weighted by Gasteiger charge is -2.29. The largest absolute Gasteiger partial charge is 0.308 e. The van der Waals surface area contributed by atoms with E-state index in [-0.39, 0.29) is 5.41 Å². The van der Waals surface area contributed by atoms with Crippen molar-refractivity contribution in [3.63, 3.8) is 0 Å². The summed E-state index contributed by atoms with van der Waals surface area (Å²) in [6, 6.07) is 66.1. The number of para-hydroxylation sites is 2. The van der Waals surface area contributed by atoms with Gasteiger partial charge in [0.25, 0.3) is 0 Å². The second-order valence-electron chi connectivity index (χ2n) is 15.4. The van der Waals surface area contributed by atoms with Gasteiger partial charge in [-0.05, 0) is 97.2 Å². The maximum atomic E-state index is 2.44. The molecule has 0 radical (unpaired) electrons. The highest BCUT2D eigenvalue weighted by atomic mass is 15.2. The number of anilines is 3. The molecule has 0 amide bonds. The van der Waals surface area contributed by atoms with E-state index < -0.39 is 0 Å². The second-order valence-corrected chi connectivity index (χ2v) is 15.4. The van der Waals surface area contributed by atoms with E-state index in [0.717, 1.165) is 0 Å². The van der Waals surface area contributed by atoms with Gasteiger partial charge in [0.05, 0.1) is 17.1 Å². The summed E-state index contributed by atoms with van der Waals surface area (Å²) < 4.78 is 0. The van der Waals surface area contributed by atoms with Gasteiger partial charge in [-0.2, -0.15) is 0 Å². The Morgan fingerprint density at radius 3 is 1.56 bits per heavy atom. The molecule has 0 aromatic heterocycles. The standard InChI is InChI=1S/C28H19N.C26H22/c1-5-13-24-22(11-1)19-23-12-2-6-14-25(23)28(24)29-26-15-7-3-9-20(26)17-18-21-10-4-8-16-27(21)29;1-17-12-14-18(15-13-17)22-16-24-25(20-9-5-4-8-19(20)22)21-10-6-7-11-23(21)26(24,2)3/h1-19H;4-16H,1-3H3. The molecule has 0 saturated carbocycles. The fourth-order valence-corrected chi connectivity index (χ4v) is 8.97. The van der Waals surface area contributed by atoms with Crippen molar-refractivity contribution < 1.29 is 0 Å². The normalized spacial score (nSPS) is 13.4. The van der Waals surface area contributed by atoms with E-state index in [1.54, 1.807) is 0 Å². The zero-order valence-corrected chi connectivity index (χ0v) is 31.4. The van der Waals surface area contributed by atoms with E-state index in [1.165, 1.54) is 99.5 Å². The average Bonchev–Trinajstić information content (AvgIpc) is 3.34.